The molecule has 2 aromatic carbocycles. The van der Waals surface area contributed by atoms with Gasteiger partial charge < -0.3 is 10.7 Å². The lowest BCUT2D eigenvalue weighted by atomic mass is 9.88. The van der Waals surface area contributed by atoms with Crippen LogP contribution in [0, 0.1) is 5.82 Å². The summed E-state index contributed by atoms with van der Waals surface area (Å²) in [4.78, 5) is 15.5. The van der Waals surface area contributed by atoms with Crippen LogP contribution in [0.2, 0.25) is 0 Å². The zero-order chi connectivity index (χ0) is 21.1. The molecule has 0 spiro atoms. The Morgan fingerprint density at radius 1 is 1.07 bits per heavy atom. The Morgan fingerprint density at radius 3 is 2.47 bits per heavy atom. The minimum absolute atomic E-state index is 0.0987. The summed E-state index contributed by atoms with van der Waals surface area (Å²) in [5, 5.41) is 1.05. The highest BCUT2D eigenvalue weighted by atomic mass is 19.1. The predicted molar refractivity (Wildman–Crippen MR) is 120 cm³/mol. The molecule has 4 nitrogen and oxygen atoms in total. The van der Waals surface area contributed by atoms with E-state index in [2.05, 4.69) is 11.8 Å². The lowest BCUT2D eigenvalue weighted by Crippen LogP contribution is -2.33. The Kier molecular flexibility index (Phi) is 6.18. The summed E-state index contributed by atoms with van der Waals surface area (Å²) in [5.41, 5.74) is 3.27. The summed E-state index contributed by atoms with van der Waals surface area (Å²) in [5.74, 6) is 6.24. The fourth-order valence-corrected chi connectivity index (χ4v) is 4.57. The highest BCUT2D eigenvalue weighted by Gasteiger charge is 2.24. The second kappa shape index (κ2) is 9.00. The molecule has 0 aliphatic carbocycles. The van der Waals surface area contributed by atoms with Crippen LogP contribution >= 0.6 is 0 Å². The number of piperidine rings is 1. The van der Waals surface area contributed by atoms with Gasteiger partial charge in [0.15, 0.2) is 5.78 Å². The van der Waals surface area contributed by atoms with Crippen molar-refractivity contribution in [2.45, 2.75) is 44.9 Å². The first kappa shape index (κ1) is 20.6. The monoisotopic (exact) mass is 407 g/mol. The van der Waals surface area contributed by atoms with Gasteiger partial charge in [-0.2, -0.15) is 0 Å². The van der Waals surface area contributed by atoms with Crippen LogP contribution in [0.15, 0.2) is 48.7 Å². The third-order valence-electron chi connectivity index (χ3n) is 6.34. The molecule has 0 radical (unpaired) electrons. The van der Waals surface area contributed by atoms with E-state index < -0.39 is 0 Å². The Labute approximate surface area is 177 Å². The number of nitrogens with zero attached hydrogens (tertiary/aromatic N) is 2. The Hall–Kier alpha value is -2.66. The molecule has 158 valence electrons. The molecule has 1 saturated heterocycles. The number of fused-ring (bicyclic) bond motifs is 1. The summed E-state index contributed by atoms with van der Waals surface area (Å²) >= 11 is 0. The van der Waals surface area contributed by atoms with Gasteiger partial charge in [-0.1, -0.05) is 19.8 Å². The van der Waals surface area contributed by atoms with Gasteiger partial charge in [-0.05, 0) is 92.8 Å². The first-order chi connectivity index (χ1) is 14.6. The summed E-state index contributed by atoms with van der Waals surface area (Å²) < 4.78 is 14.9. The maximum atomic E-state index is 13.2. The lowest BCUT2D eigenvalue weighted by Gasteiger charge is -2.32. The van der Waals surface area contributed by atoms with Gasteiger partial charge in [0.05, 0.1) is 5.52 Å². The van der Waals surface area contributed by atoms with E-state index in [0.717, 1.165) is 36.8 Å². The normalized spacial score (nSPS) is 15.7. The zero-order valence-electron chi connectivity index (χ0n) is 17.6. The molecule has 1 aliphatic rings. The van der Waals surface area contributed by atoms with Gasteiger partial charge in [-0.3, -0.25) is 9.47 Å². The highest BCUT2D eigenvalue weighted by molar-refractivity contribution is 6.10. The minimum atomic E-state index is -0.342. The van der Waals surface area contributed by atoms with E-state index in [4.69, 9.17) is 5.84 Å². The van der Waals surface area contributed by atoms with Crippen molar-refractivity contribution in [1.82, 2.24) is 9.58 Å². The number of hydrogen-bond donors (Lipinski definition) is 1. The Balaban J connectivity index is 1.55. The van der Waals surface area contributed by atoms with E-state index >= 15 is 0 Å². The van der Waals surface area contributed by atoms with E-state index in [1.54, 1.807) is 10.7 Å². The molecule has 1 aromatic heterocycles. The molecular formula is C25H30FN3O. The van der Waals surface area contributed by atoms with Crippen molar-refractivity contribution >= 4 is 16.7 Å². The van der Waals surface area contributed by atoms with Crippen LogP contribution in [0.4, 0.5) is 4.39 Å². The molecule has 2 N–H and O–H groups in total. The van der Waals surface area contributed by atoms with Crippen molar-refractivity contribution < 1.29 is 9.18 Å². The third-order valence-corrected chi connectivity index (χ3v) is 6.34. The van der Waals surface area contributed by atoms with Crippen LogP contribution in [-0.2, 0) is 0 Å². The van der Waals surface area contributed by atoms with Crippen LogP contribution in [0.3, 0.4) is 0 Å². The molecule has 0 atom stereocenters. The maximum absolute atomic E-state index is 13.2. The standard InChI is InChI=1S/C25H30FN3O/c1-2-3-4-13-28-14-11-18(12-15-28)23-17-29(27)24-10-7-20(16-22(23)24)25(30)19-5-8-21(26)9-6-19/h5-10,16-18H,2-4,11-15,27H2,1H3. The van der Waals surface area contributed by atoms with Crippen molar-refractivity contribution in [1.29, 1.82) is 0 Å². The maximum Gasteiger partial charge on any atom is 0.193 e. The predicted octanol–water partition coefficient (Wildman–Crippen LogP) is 5.09. The molecule has 0 bridgehead atoms. The first-order valence-electron chi connectivity index (χ1n) is 11.0. The van der Waals surface area contributed by atoms with E-state index in [1.165, 1.54) is 55.6 Å². The number of carbonyl (C=O) groups is 1. The number of benzene rings is 2. The second-order valence-electron chi connectivity index (χ2n) is 8.38. The number of halogens is 1. The SMILES string of the molecule is CCCCCN1CCC(c2cn(N)c3ccc(C(=O)c4ccc(F)cc4)cc23)CC1. The lowest BCUT2D eigenvalue weighted by molar-refractivity contribution is 0.103. The van der Waals surface area contributed by atoms with Gasteiger partial charge >= 0.3 is 0 Å². The molecule has 3 aromatic rings. The summed E-state index contributed by atoms with van der Waals surface area (Å²) in [6.07, 6.45) is 8.08. The third kappa shape index (κ3) is 4.26. The zero-order valence-corrected chi connectivity index (χ0v) is 17.6. The summed E-state index contributed by atoms with van der Waals surface area (Å²) in [6.45, 7) is 5.65. The first-order valence-corrected chi connectivity index (χ1v) is 11.0. The van der Waals surface area contributed by atoms with E-state index in [9.17, 15) is 9.18 Å². The molecule has 0 unspecified atom stereocenters. The van der Waals surface area contributed by atoms with Gasteiger partial charge in [0.2, 0.25) is 0 Å². The van der Waals surface area contributed by atoms with E-state index in [0.29, 0.717) is 17.0 Å². The molecule has 2 heterocycles. The number of nitrogen functional groups attached to an aromatic ring is 1. The van der Waals surface area contributed by atoms with Crippen molar-refractivity contribution in [3.8, 4) is 0 Å². The van der Waals surface area contributed by atoms with Gasteiger partial charge in [0.25, 0.3) is 0 Å². The topological polar surface area (TPSA) is 51.3 Å². The Bertz CT molecular complexity index is 1020. The summed E-state index contributed by atoms with van der Waals surface area (Å²) in [6, 6.07) is 11.4. The largest absolute Gasteiger partial charge is 0.339 e. The molecule has 5 heteroatoms. The number of rotatable bonds is 7. The number of carbonyl (C=O) groups excluding carboxylic acids is 1. The number of unbranched alkanes of at least 4 members (excludes halogenated alkanes) is 2. The molecule has 1 fully saturated rings. The minimum Gasteiger partial charge on any atom is -0.339 e. The number of nitrogens with two attached hydrogens (primary N) is 1. The average Bonchev–Trinajstić information content (AvgIpc) is 3.10. The quantitative estimate of drug-likeness (QED) is 0.337. The molecular weight excluding hydrogens is 377 g/mol. The van der Waals surface area contributed by atoms with Gasteiger partial charge in [0.1, 0.15) is 5.82 Å². The number of ketones is 1. The second-order valence-corrected chi connectivity index (χ2v) is 8.38. The van der Waals surface area contributed by atoms with Crippen molar-refractivity contribution in [2.75, 3.05) is 25.5 Å². The molecule has 1 aliphatic heterocycles. The van der Waals surface area contributed by atoms with Crippen LogP contribution in [0.1, 0.15) is 66.4 Å². The van der Waals surface area contributed by atoms with E-state index in [1.807, 2.05) is 18.3 Å². The van der Waals surface area contributed by atoms with Crippen LogP contribution in [0.25, 0.3) is 10.9 Å². The van der Waals surface area contributed by atoms with Crippen molar-refractivity contribution in [2.24, 2.45) is 0 Å². The van der Waals surface area contributed by atoms with Crippen LogP contribution in [0.5, 0.6) is 0 Å². The van der Waals surface area contributed by atoms with Crippen LogP contribution in [-0.4, -0.2) is 35.0 Å². The van der Waals surface area contributed by atoms with Crippen LogP contribution < -0.4 is 5.84 Å². The fourth-order valence-electron chi connectivity index (χ4n) is 4.57. The number of hydrogen-bond acceptors (Lipinski definition) is 3. The van der Waals surface area contributed by atoms with Crippen molar-refractivity contribution in [3.63, 3.8) is 0 Å². The van der Waals surface area contributed by atoms with Crippen molar-refractivity contribution in [3.05, 3.63) is 71.2 Å². The number of likely N-dealkylation sites (tertiary alicyclic amines) is 1. The fraction of sp³-hybridized carbons (Fsp3) is 0.400. The Morgan fingerprint density at radius 2 is 1.77 bits per heavy atom. The average molecular weight is 408 g/mol. The summed E-state index contributed by atoms with van der Waals surface area (Å²) in [7, 11) is 0. The van der Waals surface area contributed by atoms with Gasteiger partial charge in [-0.15, -0.1) is 0 Å². The highest BCUT2D eigenvalue weighted by Crippen LogP contribution is 2.34. The van der Waals surface area contributed by atoms with E-state index in [-0.39, 0.29) is 11.6 Å². The molecule has 0 amide bonds. The van der Waals surface area contributed by atoms with Gasteiger partial charge in [-0.25, -0.2) is 4.39 Å². The molecule has 30 heavy (non-hydrogen) atoms. The molecule has 0 saturated carbocycles. The number of aromatic nitrogens is 1. The smallest absolute Gasteiger partial charge is 0.193 e. The molecule has 4 rings (SSSR count). The van der Waals surface area contributed by atoms with Gasteiger partial charge in [0, 0.05) is 22.7 Å².